The summed E-state index contributed by atoms with van der Waals surface area (Å²) in [4.78, 5) is 12.0. The highest BCUT2D eigenvalue weighted by Crippen LogP contribution is 2.31. The van der Waals surface area contributed by atoms with Crippen LogP contribution in [-0.2, 0) is 9.53 Å². The molecule has 0 aromatic carbocycles. The number of rotatable bonds is 6. The first-order chi connectivity index (χ1) is 8.60. The molecule has 0 aromatic heterocycles. The molecule has 1 saturated heterocycles. The first-order valence-electron chi connectivity index (χ1n) is 7.25. The molecule has 0 saturated carbocycles. The molecule has 1 amide bonds. The molecule has 0 aliphatic carbocycles. The van der Waals surface area contributed by atoms with E-state index in [-0.39, 0.29) is 23.5 Å². The Balaban J connectivity index is 2.54. The number of hydrogen-bond donors (Lipinski definition) is 2. The third-order valence-electron chi connectivity index (χ3n) is 4.28. The van der Waals surface area contributed by atoms with Gasteiger partial charge in [-0.15, -0.1) is 0 Å². The highest BCUT2D eigenvalue weighted by molar-refractivity contribution is 5.79. The summed E-state index contributed by atoms with van der Waals surface area (Å²) in [5, 5.41) is 3.15. The maximum Gasteiger partial charge on any atom is 0.224 e. The molecule has 0 spiro atoms. The molecule has 4 nitrogen and oxygen atoms in total. The van der Waals surface area contributed by atoms with Gasteiger partial charge < -0.3 is 15.8 Å². The minimum Gasteiger partial charge on any atom is -0.375 e. The molecule has 106 valence electrons. The molecule has 2 atom stereocenters. The summed E-state index contributed by atoms with van der Waals surface area (Å²) in [5.41, 5.74) is 5.57. The van der Waals surface area contributed by atoms with Gasteiger partial charge in [0.25, 0.3) is 0 Å². The Morgan fingerprint density at radius 1 is 1.44 bits per heavy atom. The molecule has 0 radical (unpaired) electrons. The molecule has 3 N–H and O–H groups in total. The lowest BCUT2D eigenvalue weighted by Crippen LogP contribution is -2.50. The Labute approximate surface area is 111 Å². The van der Waals surface area contributed by atoms with Crippen LogP contribution in [0, 0.1) is 5.92 Å². The number of amides is 1. The molecule has 0 aromatic rings. The third kappa shape index (κ3) is 3.69. The van der Waals surface area contributed by atoms with E-state index in [1.54, 1.807) is 0 Å². The summed E-state index contributed by atoms with van der Waals surface area (Å²) in [5.74, 6) is 0.0542. The second kappa shape index (κ2) is 7.10. The molecule has 1 heterocycles. The lowest BCUT2D eigenvalue weighted by molar-refractivity contribution is -0.129. The zero-order chi connectivity index (χ0) is 13.6. The van der Waals surface area contributed by atoms with Crippen LogP contribution in [0.5, 0.6) is 0 Å². The quantitative estimate of drug-likeness (QED) is 0.762. The Morgan fingerprint density at radius 2 is 2.11 bits per heavy atom. The van der Waals surface area contributed by atoms with Crippen LogP contribution in [0.4, 0.5) is 0 Å². The highest BCUT2D eigenvalue weighted by atomic mass is 16.5. The maximum absolute atomic E-state index is 12.0. The lowest BCUT2D eigenvalue weighted by atomic mass is 9.85. The molecular formula is C14H28N2O2. The predicted molar refractivity (Wildman–Crippen MR) is 73.3 cm³/mol. The van der Waals surface area contributed by atoms with E-state index in [2.05, 4.69) is 19.2 Å². The Bertz CT molecular complexity index is 261. The Hall–Kier alpha value is -0.610. The molecular weight excluding hydrogens is 228 g/mol. The highest BCUT2D eigenvalue weighted by Gasteiger charge is 2.35. The van der Waals surface area contributed by atoms with Crippen molar-refractivity contribution in [3.05, 3.63) is 0 Å². The monoisotopic (exact) mass is 256 g/mol. The van der Waals surface area contributed by atoms with Gasteiger partial charge in [-0.2, -0.15) is 0 Å². The van der Waals surface area contributed by atoms with Crippen molar-refractivity contribution in [2.75, 3.05) is 13.2 Å². The average molecular weight is 256 g/mol. The Morgan fingerprint density at radius 3 is 2.61 bits per heavy atom. The summed E-state index contributed by atoms with van der Waals surface area (Å²) >= 11 is 0. The molecule has 4 heteroatoms. The largest absolute Gasteiger partial charge is 0.375 e. The van der Waals surface area contributed by atoms with Crippen molar-refractivity contribution < 1.29 is 9.53 Å². The van der Waals surface area contributed by atoms with Gasteiger partial charge in [0.2, 0.25) is 5.91 Å². The number of hydrogen-bond acceptors (Lipinski definition) is 3. The first-order valence-corrected chi connectivity index (χ1v) is 7.25. The first kappa shape index (κ1) is 15.4. The van der Waals surface area contributed by atoms with Gasteiger partial charge in [0.05, 0.1) is 5.60 Å². The van der Waals surface area contributed by atoms with Crippen LogP contribution in [0.2, 0.25) is 0 Å². The van der Waals surface area contributed by atoms with Crippen LogP contribution < -0.4 is 11.1 Å². The number of ether oxygens (including phenoxy) is 1. The fourth-order valence-corrected chi connectivity index (χ4v) is 2.67. The fourth-order valence-electron chi connectivity index (χ4n) is 2.67. The van der Waals surface area contributed by atoms with Crippen molar-refractivity contribution in [2.24, 2.45) is 11.7 Å². The van der Waals surface area contributed by atoms with E-state index in [0.717, 1.165) is 38.7 Å². The molecule has 2 unspecified atom stereocenters. The van der Waals surface area contributed by atoms with Gasteiger partial charge in [0.15, 0.2) is 0 Å². The SMILES string of the molecule is CCC(CN)C(=O)NC1CCOC(CC)(CC)C1. The number of carbonyl (C=O) groups excluding carboxylic acids is 1. The van der Waals surface area contributed by atoms with Gasteiger partial charge in [0, 0.05) is 25.1 Å². The fraction of sp³-hybridized carbons (Fsp3) is 0.929. The van der Waals surface area contributed by atoms with E-state index in [1.165, 1.54) is 0 Å². The van der Waals surface area contributed by atoms with Gasteiger partial charge in [-0.3, -0.25) is 4.79 Å². The topological polar surface area (TPSA) is 64.4 Å². The van der Waals surface area contributed by atoms with Crippen molar-refractivity contribution in [3.63, 3.8) is 0 Å². The van der Waals surface area contributed by atoms with Crippen molar-refractivity contribution in [1.82, 2.24) is 5.32 Å². The third-order valence-corrected chi connectivity index (χ3v) is 4.28. The van der Waals surface area contributed by atoms with E-state index in [4.69, 9.17) is 10.5 Å². The number of carbonyl (C=O) groups is 1. The predicted octanol–water partition coefficient (Wildman–Crippen LogP) is 1.83. The second-order valence-electron chi connectivity index (χ2n) is 5.28. The van der Waals surface area contributed by atoms with E-state index in [1.807, 2.05) is 6.92 Å². The van der Waals surface area contributed by atoms with Gasteiger partial charge >= 0.3 is 0 Å². The number of nitrogens with two attached hydrogens (primary N) is 1. The van der Waals surface area contributed by atoms with Crippen LogP contribution in [0.1, 0.15) is 52.9 Å². The summed E-state index contributed by atoms with van der Waals surface area (Å²) in [6, 6.07) is 0.242. The van der Waals surface area contributed by atoms with Crippen molar-refractivity contribution in [2.45, 2.75) is 64.5 Å². The molecule has 18 heavy (non-hydrogen) atoms. The average Bonchev–Trinajstić information content (AvgIpc) is 2.40. The van der Waals surface area contributed by atoms with Gasteiger partial charge in [-0.05, 0) is 32.1 Å². The van der Waals surface area contributed by atoms with E-state index in [9.17, 15) is 4.79 Å². The minimum atomic E-state index is -0.0505. The zero-order valence-corrected chi connectivity index (χ0v) is 12.0. The summed E-state index contributed by atoms with van der Waals surface area (Å²) in [7, 11) is 0. The molecule has 1 aliphatic heterocycles. The second-order valence-corrected chi connectivity index (χ2v) is 5.28. The normalized spacial score (nSPS) is 24.6. The van der Waals surface area contributed by atoms with Crippen LogP contribution in [0.25, 0.3) is 0 Å². The van der Waals surface area contributed by atoms with E-state index < -0.39 is 0 Å². The van der Waals surface area contributed by atoms with Crippen LogP contribution >= 0.6 is 0 Å². The maximum atomic E-state index is 12.0. The van der Waals surface area contributed by atoms with Crippen molar-refractivity contribution in [3.8, 4) is 0 Å². The summed E-state index contributed by atoms with van der Waals surface area (Å²) in [6.07, 6.45) is 4.65. The van der Waals surface area contributed by atoms with Crippen molar-refractivity contribution >= 4 is 5.91 Å². The Kier molecular flexibility index (Phi) is 6.09. The smallest absolute Gasteiger partial charge is 0.224 e. The van der Waals surface area contributed by atoms with Gasteiger partial charge in [-0.1, -0.05) is 20.8 Å². The summed E-state index contributed by atoms with van der Waals surface area (Å²) < 4.78 is 5.91. The van der Waals surface area contributed by atoms with Crippen LogP contribution in [0.15, 0.2) is 0 Å². The lowest BCUT2D eigenvalue weighted by Gasteiger charge is -2.40. The molecule has 1 rings (SSSR count). The summed E-state index contributed by atoms with van der Waals surface area (Å²) in [6.45, 7) is 7.48. The molecule has 1 aliphatic rings. The number of nitrogens with one attached hydrogen (secondary N) is 1. The van der Waals surface area contributed by atoms with E-state index in [0.29, 0.717) is 6.54 Å². The van der Waals surface area contributed by atoms with Crippen molar-refractivity contribution in [1.29, 1.82) is 0 Å². The zero-order valence-electron chi connectivity index (χ0n) is 12.0. The van der Waals surface area contributed by atoms with Gasteiger partial charge in [0.1, 0.15) is 0 Å². The molecule has 1 fully saturated rings. The molecule has 0 bridgehead atoms. The van der Waals surface area contributed by atoms with Gasteiger partial charge in [-0.25, -0.2) is 0 Å². The van der Waals surface area contributed by atoms with E-state index >= 15 is 0 Å². The van der Waals surface area contributed by atoms with Crippen LogP contribution in [-0.4, -0.2) is 30.7 Å². The van der Waals surface area contributed by atoms with Crippen LogP contribution in [0.3, 0.4) is 0 Å². The minimum absolute atomic E-state index is 0.0410. The standard InChI is InChI=1S/C14H28N2O2/c1-4-11(10-15)13(17)16-12-7-8-18-14(5-2,6-3)9-12/h11-12H,4-10,15H2,1-3H3,(H,16,17).